The molecule has 10 heteroatoms. The first-order valence-corrected chi connectivity index (χ1v) is 11.4. The van der Waals surface area contributed by atoms with Gasteiger partial charge in [0.15, 0.2) is 0 Å². The van der Waals surface area contributed by atoms with Gasteiger partial charge in [0, 0.05) is 13.6 Å². The molecule has 194 valence electrons. The molecule has 2 atom stereocenters. The van der Waals surface area contributed by atoms with Crippen molar-refractivity contribution in [2.75, 3.05) is 7.05 Å². The lowest BCUT2D eigenvalue weighted by Crippen LogP contribution is -2.52. The molecule has 0 saturated heterocycles. The Kier molecular flexibility index (Phi) is 9.43. The van der Waals surface area contributed by atoms with Crippen molar-refractivity contribution in [1.82, 2.24) is 15.5 Å². The fourth-order valence-corrected chi connectivity index (χ4v) is 3.51. The number of nitrogens with one attached hydrogen (secondary N) is 2. The minimum absolute atomic E-state index is 0.0365. The Hall–Kier alpha value is -4.08. The fraction of sp³-hybridized carbons (Fsp3) is 0.385. The molecule has 0 saturated carbocycles. The second-order valence-electron chi connectivity index (χ2n) is 9.47. The van der Waals surface area contributed by atoms with E-state index in [9.17, 15) is 24.3 Å². The van der Waals surface area contributed by atoms with E-state index >= 15 is 0 Å². The summed E-state index contributed by atoms with van der Waals surface area (Å²) in [7, 11) is 1.39. The highest BCUT2D eigenvalue weighted by atomic mass is 16.6. The molecule has 2 unspecified atom stereocenters. The van der Waals surface area contributed by atoms with Crippen molar-refractivity contribution in [2.24, 2.45) is 5.73 Å². The Labute approximate surface area is 210 Å². The molecule has 0 bridgehead atoms. The molecule has 2 aromatic carbocycles. The second kappa shape index (κ2) is 12.1. The van der Waals surface area contributed by atoms with Gasteiger partial charge in [0.05, 0.1) is 6.42 Å². The number of carbonyl (C=O) groups is 4. The van der Waals surface area contributed by atoms with E-state index in [2.05, 4.69) is 10.6 Å². The van der Waals surface area contributed by atoms with Gasteiger partial charge in [-0.15, -0.1) is 0 Å². The summed E-state index contributed by atoms with van der Waals surface area (Å²) >= 11 is 0. The molecule has 2 aromatic rings. The molecule has 0 heterocycles. The summed E-state index contributed by atoms with van der Waals surface area (Å²) in [6.45, 7) is 6.85. The number of carbonyl (C=O) groups excluding carboxylic acids is 4. The zero-order chi connectivity index (χ0) is 27.0. The number of hydrogen-bond donors (Lipinski definition) is 4. The number of rotatable bonds is 9. The van der Waals surface area contributed by atoms with Crippen molar-refractivity contribution in [2.45, 2.75) is 58.3 Å². The number of phenols is 1. The third-order valence-corrected chi connectivity index (χ3v) is 5.22. The fourth-order valence-electron chi connectivity index (χ4n) is 3.51. The minimum Gasteiger partial charge on any atom is -0.508 e. The molecule has 0 aliphatic rings. The molecule has 4 amide bonds. The number of phenolic OH excluding ortho intramolecular Hbond substituents is 1. The topological polar surface area (TPSA) is 151 Å². The van der Waals surface area contributed by atoms with Crippen LogP contribution in [0.15, 0.2) is 48.5 Å². The Morgan fingerprint density at radius 1 is 1.08 bits per heavy atom. The van der Waals surface area contributed by atoms with E-state index in [0.29, 0.717) is 11.1 Å². The predicted octanol–water partition coefficient (Wildman–Crippen LogP) is 2.29. The Bertz CT molecular complexity index is 1100. The number of nitrogens with two attached hydrogens (primary N) is 1. The maximum atomic E-state index is 13.4. The lowest BCUT2D eigenvalue weighted by molar-refractivity contribution is -0.141. The lowest BCUT2D eigenvalue weighted by Gasteiger charge is -2.31. The average molecular weight is 499 g/mol. The Balaban J connectivity index is 2.35. The number of aromatic hydroxyl groups is 1. The summed E-state index contributed by atoms with van der Waals surface area (Å²) in [4.78, 5) is 51.9. The van der Waals surface area contributed by atoms with Gasteiger partial charge in [0.2, 0.25) is 17.7 Å². The van der Waals surface area contributed by atoms with Crippen molar-refractivity contribution in [1.29, 1.82) is 0 Å². The molecule has 0 aromatic heterocycles. The van der Waals surface area contributed by atoms with Crippen molar-refractivity contribution < 1.29 is 29.0 Å². The molecule has 0 aliphatic heterocycles. The SMILES string of the molecule is Cc1cc(C(C(=O)NCc2ccccc2)N(C)C(=O)C(CC(N)=O)NC(=O)OC(C)(C)C)ccc1O. The zero-order valence-corrected chi connectivity index (χ0v) is 21.2. The lowest BCUT2D eigenvalue weighted by atomic mass is 10.0. The number of hydrogen-bond acceptors (Lipinski definition) is 6. The highest BCUT2D eigenvalue weighted by molar-refractivity contribution is 5.94. The monoisotopic (exact) mass is 498 g/mol. The van der Waals surface area contributed by atoms with Crippen LogP contribution in [0.25, 0.3) is 0 Å². The highest BCUT2D eigenvalue weighted by Crippen LogP contribution is 2.26. The van der Waals surface area contributed by atoms with Gasteiger partial charge in [0.1, 0.15) is 23.4 Å². The zero-order valence-electron chi connectivity index (χ0n) is 21.2. The van der Waals surface area contributed by atoms with E-state index in [4.69, 9.17) is 10.5 Å². The van der Waals surface area contributed by atoms with E-state index < -0.39 is 47.9 Å². The van der Waals surface area contributed by atoms with Crippen LogP contribution >= 0.6 is 0 Å². The first-order chi connectivity index (χ1) is 16.8. The summed E-state index contributed by atoms with van der Waals surface area (Å²) < 4.78 is 5.21. The number of ether oxygens (including phenoxy) is 1. The summed E-state index contributed by atoms with van der Waals surface area (Å²) in [5.74, 6) is -1.99. The standard InChI is InChI=1S/C26H34N4O6/c1-16-13-18(11-12-20(16)31)22(23(33)28-15-17-9-7-6-8-10-17)30(5)24(34)19(14-21(27)32)29-25(35)36-26(2,3)4/h6-13,19,22,31H,14-15H2,1-5H3,(H2,27,32)(H,28,33)(H,29,35). The van der Waals surface area contributed by atoms with E-state index in [1.807, 2.05) is 30.3 Å². The number of benzene rings is 2. The van der Waals surface area contributed by atoms with E-state index in [-0.39, 0.29) is 12.3 Å². The first kappa shape index (κ1) is 28.2. The minimum atomic E-state index is -1.36. The molecule has 0 fully saturated rings. The van der Waals surface area contributed by atoms with Crippen LogP contribution in [0, 0.1) is 6.92 Å². The van der Waals surface area contributed by atoms with Gasteiger partial charge in [-0.3, -0.25) is 14.4 Å². The van der Waals surface area contributed by atoms with Gasteiger partial charge in [-0.1, -0.05) is 36.4 Å². The van der Waals surface area contributed by atoms with Gasteiger partial charge in [-0.05, 0) is 56.5 Å². The highest BCUT2D eigenvalue weighted by Gasteiger charge is 2.35. The molecule has 2 rings (SSSR count). The largest absolute Gasteiger partial charge is 0.508 e. The van der Waals surface area contributed by atoms with Crippen LogP contribution in [0.3, 0.4) is 0 Å². The van der Waals surface area contributed by atoms with E-state index in [0.717, 1.165) is 10.5 Å². The van der Waals surface area contributed by atoms with Gasteiger partial charge in [-0.25, -0.2) is 4.79 Å². The maximum absolute atomic E-state index is 13.4. The number of amides is 4. The van der Waals surface area contributed by atoms with E-state index in [1.165, 1.54) is 19.2 Å². The number of primary amides is 1. The smallest absolute Gasteiger partial charge is 0.408 e. The molecular formula is C26H34N4O6. The van der Waals surface area contributed by atoms with Crippen LogP contribution in [0.1, 0.15) is 49.9 Å². The Morgan fingerprint density at radius 2 is 1.72 bits per heavy atom. The van der Waals surface area contributed by atoms with Gasteiger partial charge < -0.3 is 31.1 Å². The van der Waals surface area contributed by atoms with Gasteiger partial charge in [0.25, 0.3) is 0 Å². The van der Waals surface area contributed by atoms with Crippen molar-refractivity contribution >= 4 is 23.8 Å². The van der Waals surface area contributed by atoms with Crippen LogP contribution in [-0.2, 0) is 25.7 Å². The molecule has 36 heavy (non-hydrogen) atoms. The van der Waals surface area contributed by atoms with Gasteiger partial charge >= 0.3 is 6.09 Å². The van der Waals surface area contributed by atoms with Crippen molar-refractivity contribution in [3.8, 4) is 5.75 Å². The van der Waals surface area contributed by atoms with Crippen molar-refractivity contribution in [3.05, 3.63) is 65.2 Å². The number of likely N-dealkylation sites (N-methyl/N-ethyl adjacent to an activating group) is 1. The molecule has 5 N–H and O–H groups in total. The summed E-state index contributed by atoms with van der Waals surface area (Å²) in [5, 5.41) is 15.2. The molecule has 10 nitrogen and oxygen atoms in total. The Morgan fingerprint density at radius 3 is 2.28 bits per heavy atom. The molecule has 0 aliphatic carbocycles. The summed E-state index contributed by atoms with van der Waals surface area (Å²) in [5.41, 5.74) is 6.29. The molecular weight excluding hydrogens is 464 g/mol. The predicted molar refractivity (Wildman–Crippen MR) is 134 cm³/mol. The first-order valence-electron chi connectivity index (χ1n) is 11.4. The van der Waals surface area contributed by atoms with Crippen LogP contribution in [-0.4, -0.2) is 52.5 Å². The maximum Gasteiger partial charge on any atom is 0.408 e. The quantitative estimate of drug-likeness (QED) is 0.416. The molecule has 0 radical (unpaired) electrons. The van der Waals surface area contributed by atoms with Crippen molar-refractivity contribution in [3.63, 3.8) is 0 Å². The normalized spacial score (nSPS) is 12.7. The van der Waals surface area contributed by atoms with E-state index in [1.54, 1.807) is 33.8 Å². The summed E-state index contributed by atoms with van der Waals surface area (Å²) in [6, 6.07) is 11.3. The molecule has 0 spiro atoms. The van der Waals surface area contributed by atoms with Crippen LogP contribution in [0.4, 0.5) is 4.79 Å². The summed E-state index contributed by atoms with van der Waals surface area (Å²) in [6.07, 6.45) is -1.39. The number of alkyl carbamates (subject to hydrolysis) is 1. The third-order valence-electron chi connectivity index (χ3n) is 5.22. The second-order valence-corrected chi connectivity index (χ2v) is 9.47. The third kappa shape index (κ3) is 8.30. The van der Waals surface area contributed by atoms with Crippen LogP contribution in [0.5, 0.6) is 5.75 Å². The number of aryl methyl sites for hydroxylation is 1. The van der Waals surface area contributed by atoms with Gasteiger partial charge in [-0.2, -0.15) is 0 Å². The van der Waals surface area contributed by atoms with Crippen LogP contribution < -0.4 is 16.4 Å². The number of nitrogens with zero attached hydrogens (tertiary/aromatic N) is 1. The van der Waals surface area contributed by atoms with Crippen LogP contribution in [0.2, 0.25) is 0 Å². The average Bonchev–Trinajstić information content (AvgIpc) is 2.78.